The zero-order chi connectivity index (χ0) is 16.1. The highest BCUT2D eigenvalue weighted by molar-refractivity contribution is 5.92. The van der Waals surface area contributed by atoms with Gasteiger partial charge in [0.25, 0.3) is 5.91 Å². The maximum absolute atomic E-state index is 12.3. The number of benzene rings is 1. The molecule has 1 aliphatic rings. The van der Waals surface area contributed by atoms with Crippen molar-refractivity contribution in [2.24, 2.45) is 0 Å². The first-order chi connectivity index (χ1) is 11.2. The average Bonchev–Trinajstić information content (AvgIpc) is 3.25. The minimum Gasteiger partial charge on any atom is -0.357 e. The van der Waals surface area contributed by atoms with E-state index >= 15 is 0 Å². The van der Waals surface area contributed by atoms with Crippen LogP contribution in [0.1, 0.15) is 28.9 Å². The Kier molecular flexibility index (Phi) is 4.76. The van der Waals surface area contributed by atoms with Crippen LogP contribution in [-0.4, -0.2) is 40.8 Å². The topological polar surface area (TPSA) is 65.2 Å². The van der Waals surface area contributed by atoms with Gasteiger partial charge in [0.05, 0.1) is 0 Å². The number of nitrogens with one attached hydrogen (secondary N) is 2. The fraction of sp³-hybridized carbons (Fsp3) is 0.333. The quantitative estimate of drug-likeness (QED) is 0.887. The number of aromatic amines is 1. The third-order valence-corrected chi connectivity index (χ3v) is 4.19. The molecule has 0 saturated carbocycles. The second kappa shape index (κ2) is 7.13. The van der Waals surface area contributed by atoms with Crippen LogP contribution in [0.2, 0.25) is 0 Å². The molecule has 1 aromatic carbocycles. The van der Waals surface area contributed by atoms with E-state index < -0.39 is 0 Å². The van der Waals surface area contributed by atoms with Crippen LogP contribution >= 0.6 is 0 Å². The molecule has 2 amide bonds. The number of hydrogen-bond donors (Lipinski definition) is 2. The zero-order valence-corrected chi connectivity index (χ0v) is 13.0. The van der Waals surface area contributed by atoms with Crippen molar-refractivity contribution in [1.82, 2.24) is 15.2 Å². The van der Waals surface area contributed by atoms with E-state index in [1.807, 2.05) is 35.2 Å². The van der Waals surface area contributed by atoms with E-state index in [-0.39, 0.29) is 17.9 Å². The van der Waals surface area contributed by atoms with Gasteiger partial charge in [0.1, 0.15) is 5.69 Å². The van der Waals surface area contributed by atoms with Crippen molar-refractivity contribution in [2.45, 2.75) is 25.3 Å². The first kappa shape index (κ1) is 15.3. The number of rotatable bonds is 5. The van der Waals surface area contributed by atoms with E-state index in [9.17, 15) is 9.59 Å². The lowest BCUT2D eigenvalue weighted by molar-refractivity contribution is -0.130. The van der Waals surface area contributed by atoms with E-state index in [1.165, 1.54) is 5.56 Å². The van der Waals surface area contributed by atoms with E-state index in [0.717, 1.165) is 12.8 Å². The van der Waals surface area contributed by atoms with Gasteiger partial charge in [-0.1, -0.05) is 30.3 Å². The summed E-state index contributed by atoms with van der Waals surface area (Å²) in [5, 5.41) is 2.98. The van der Waals surface area contributed by atoms with Crippen LogP contribution in [0.25, 0.3) is 0 Å². The number of hydrogen-bond acceptors (Lipinski definition) is 2. The second-order valence-corrected chi connectivity index (χ2v) is 5.87. The molecule has 1 aliphatic heterocycles. The maximum Gasteiger partial charge on any atom is 0.267 e. The number of carbonyl (C=O) groups is 2. The Bertz CT molecular complexity index is 652. The predicted molar refractivity (Wildman–Crippen MR) is 88.0 cm³/mol. The zero-order valence-electron chi connectivity index (χ0n) is 13.0. The van der Waals surface area contributed by atoms with Crippen molar-refractivity contribution in [3.63, 3.8) is 0 Å². The van der Waals surface area contributed by atoms with Crippen LogP contribution in [0, 0.1) is 0 Å². The molecule has 0 aliphatic carbocycles. The number of aryl methyl sites for hydroxylation is 1. The normalized spacial score (nSPS) is 17.2. The first-order valence-corrected chi connectivity index (χ1v) is 7.98. The third-order valence-electron chi connectivity index (χ3n) is 4.19. The molecule has 0 spiro atoms. The molecule has 0 radical (unpaired) electrons. The number of aromatic nitrogens is 1. The van der Waals surface area contributed by atoms with Crippen LogP contribution < -0.4 is 5.32 Å². The SMILES string of the molecule is O=C(NC1CCN(C(=O)CCc2ccccc2)C1)c1ccc[nH]1. The van der Waals surface area contributed by atoms with Gasteiger partial charge in [-0.2, -0.15) is 0 Å². The molecule has 1 atom stereocenters. The van der Waals surface area contributed by atoms with E-state index in [0.29, 0.717) is 25.2 Å². The molecule has 23 heavy (non-hydrogen) atoms. The minimum atomic E-state index is -0.112. The van der Waals surface area contributed by atoms with Gasteiger partial charge in [-0.25, -0.2) is 0 Å². The third kappa shape index (κ3) is 4.00. The molecule has 5 nitrogen and oxygen atoms in total. The molecule has 5 heteroatoms. The highest BCUT2D eigenvalue weighted by Gasteiger charge is 2.27. The van der Waals surface area contributed by atoms with Crippen molar-refractivity contribution in [3.8, 4) is 0 Å². The van der Waals surface area contributed by atoms with Crippen LogP contribution in [0.5, 0.6) is 0 Å². The molecule has 120 valence electrons. The highest BCUT2D eigenvalue weighted by atomic mass is 16.2. The van der Waals surface area contributed by atoms with Crippen LogP contribution in [0.3, 0.4) is 0 Å². The number of amides is 2. The van der Waals surface area contributed by atoms with Crippen molar-refractivity contribution in [2.75, 3.05) is 13.1 Å². The summed E-state index contributed by atoms with van der Waals surface area (Å²) in [5.41, 5.74) is 1.73. The lowest BCUT2D eigenvalue weighted by Crippen LogP contribution is -2.38. The monoisotopic (exact) mass is 311 g/mol. The molecule has 0 bridgehead atoms. The number of carbonyl (C=O) groups excluding carboxylic acids is 2. The van der Waals surface area contributed by atoms with Gasteiger partial charge in [-0.3, -0.25) is 9.59 Å². The summed E-state index contributed by atoms with van der Waals surface area (Å²) in [6.45, 7) is 1.31. The number of nitrogens with zero attached hydrogens (tertiary/aromatic N) is 1. The lowest BCUT2D eigenvalue weighted by Gasteiger charge is -2.17. The summed E-state index contributed by atoms with van der Waals surface area (Å²) in [5.74, 6) is 0.0454. The predicted octanol–water partition coefficient (Wildman–Crippen LogP) is 1.98. The lowest BCUT2D eigenvalue weighted by atomic mass is 10.1. The molecule has 1 fully saturated rings. The molecule has 2 heterocycles. The van der Waals surface area contributed by atoms with Gasteiger partial charge >= 0.3 is 0 Å². The Morgan fingerprint density at radius 1 is 1.17 bits per heavy atom. The van der Waals surface area contributed by atoms with Gasteiger partial charge in [-0.15, -0.1) is 0 Å². The Morgan fingerprint density at radius 3 is 2.74 bits per heavy atom. The molecule has 3 rings (SSSR count). The smallest absolute Gasteiger partial charge is 0.267 e. The Balaban J connectivity index is 1.45. The summed E-state index contributed by atoms with van der Waals surface area (Å²) in [7, 11) is 0. The highest BCUT2D eigenvalue weighted by Crippen LogP contribution is 2.13. The van der Waals surface area contributed by atoms with Gasteiger partial charge in [0.2, 0.25) is 5.91 Å². The Labute approximate surface area is 135 Å². The summed E-state index contributed by atoms with van der Waals surface area (Å²) >= 11 is 0. The van der Waals surface area contributed by atoms with E-state index in [4.69, 9.17) is 0 Å². The molecule has 2 N–H and O–H groups in total. The summed E-state index contributed by atoms with van der Waals surface area (Å²) in [4.78, 5) is 29.0. The largest absolute Gasteiger partial charge is 0.357 e. The van der Waals surface area contributed by atoms with Crippen molar-refractivity contribution >= 4 is 11.8 Å². The fourth-order valence-electron chi connectivity index (χ4n) is 2.89. The summed E-state index contributed by atoms with van der Waals surface area (Å²) < 4.78 is 0. The summed E-state index contributed by atoms with van der Waals surface area (Å²) in [6, 6.07) is 13.6. The van der Waals surface area contributed by atoms with Gasteiger partial charge in [0.15, 0.2) is 0 Å². The van der Waals surface area contributed by atoms with Gasteiger partial charge in [0, 0.05) is 31.7 Å². The van der Waals surface area contributed by atoms with Crippen molar-refractivity contribution < 1.29 is 9.59 Å². The number of likely N-dealkylation sites (tertiary alicyclic amines) is 1. The summed E-state index contributed by atoms with van der Waals surface area (Å²) in [6.07, 6.45) is 3.81. The fourth-order valence-corrected chi connectivity index (χ4v) is 2.89. The maximum atomic E-state index is 12.3. The standard InChI is InChI=1S/C18H21N3O2/c22-17(9-8-14-5-2-1-3-6-14)21-12-10-15(13-21)20-18(23)16-7-4-11-19-16/h1-7,11,15,19H,8-10,12-13H2,(H,20,23). The molecular formula is C18H21N3O2. The Hall–Kier alpha value is -2.56. The molecule has 2 aromatic rings. The van der Waals surface area contributed by atoms with Crippen molar-refractivity contribution in [1.29, 1.82) is 0 Å². The van der Waals surface area contributed by atoms with Crippen LogP contribution in [0.4, 0.5) is 0 Å². The molecule has 1 saturated heterocycles. The van der Waals surface area contributed by atoms with Crippen molar-refractivity contribution in [3.05, 3.63) is 59.9 Å². The van der Waals surface area contributed by atoms with Gasteiger partial charge < -0.3 is 15.2 Å². The van der Waals surface area contributed by atoms with E-state index in [1.54, 1.807) is 18.3 Å². The second-order valence-electron chi connectivity index (χ2n) is 5.87. The average molecular weight is 311 g/mol. The van der Waals surface area contributed by atoms with Crippen LogP contribution in [0.15, 0.2) is 48.7 Å². The Morgan fingerprint density at radius 2 is 2.00 bits per heavy atom. The number of H-pyrrole nitrogens is 1. The molecule has 1 unspecified atom stereocenters. The molecule has 1 aromatic heterocycles. The van der Waals surface area contributed by atoms with Crippen LogP contribution in [-0.2, 0) is 11.2 Å². The van der Waals surface area contributed by atoms with Gasteiger partial charge in [-0.05, 0) is 30.5 Å². The first-order valence-electron chi connectivity index (χ1n) is 7.98. The minimum absolute atomic E-state index is 0.0338. The van der Waals surface area contributed by atoms with E-state index in [2.05, 4.69) is 10.3 Å². The molecular weight excluding hydrogens is 290 g/mol.